The maximum Gasteiger partial charge on any atom is 0.407 e. The Morgan fingerprint density at radius 2 is 2.06 bits per heavy atom. The zero-order valence-corrected chi connectivity index (χ0v) is 9.88. The fourth-order valence-electron chi connectivity index (χ4n) is 1.05. The molecule has 94 valence electrons. The van der Waals surface area contributed by atoms with Crippen LogP contribution in [0.1, 0.15) is 26.3 Å². The molecular weight excluding hydrogens is 230 g/mol. The van der Waals surface area contributed by atoms with Gasteiger partial charge in [-0.05, 0) is 32.9 Å². The maximum absolute atomic E-state index is 13.1. The number of hydrogen-bond acceptors (Lipinski definition) is 3. The number of halogens is 2. The van der Waals surface area contributed by atoms with Crippen molar-refractivity contribution < 1.29 is 18.3 Å². The first-order chi connectivity index (χ1) is 7.78. The van der Waals surface area contributed by atoms with Gasteiger partial charge in [-0.3, -0.25) is 0 Å². The summed E-state index contributed by atoms with van der Waals surface area (Å²) in [5.41, 5.74) is -0.527. The van der Waals surface area contributed by atoms with Crippen molar-refractivity contribution in [1.29, 1.82) is 0 Å². The number of alkyl carbamates (subject to hydrolysis) is 1. The van der Waals surface area contributed by atoms with Gasteiger partial charge >= 0.3 is 6.09 Å². The van der Waals surface area contributed by atoms with Gasteiger partial charge in [-0.2, -0.15) is 13.8 Å². The minimum absolute atomic E-state index is 0.0947. The van der Waals surface area contributed by atoms with Crippen molar-refractivity contribution >= 4 is 6.09 Å². The van der Waals surface area contributed by atoms with E-state index in [0.29, 0.717) is 0 Å². The number of rotatable bonds is 2. The Kier molecular flexibility index (Phi) is 3.98. The third kappa shape index (κ3) is 4.76. The number of amides is 1. The third-order valence-corrected chi connectivity index (χ3v) is 1.71. The smallest absolute Gasteiger partial charge is 0.407 e. The Balaban J connectivity index is 2.53. The Morgan fingerprint density at radius 3 is 2.59 bits per heavy atom. The van der Waals surface area contributed by atoms with E-state index >= 15 is 0 Å². The number of pyridine rings is 1. The summed E-state index contributed by atoms with van der Waals surface area (Å²) in [7, 11) is 0. The third-order valence-electron chi connectivity index (χ3n) is 1.71. The van der Waals surface area contributed by atoms with Crippen LogP contribution in [-0.2, 0) is 11.3 Å². The van der Waals surface area contributed by atoms with Crippen LogP contribution in [0.3, 0.4) is 0 Å². The van der Waals surface area contributed by atoms with Crippen molar-refractivity contribution in [2.24, 2.45) is 0 Å². The van der Waals surface area contributed by atoms with E-state index in [1.165, 1.54) is 6.07 Å². The lowest BCUT2D eigenvalue weighted by molar-refractivity contribution is 0.0523. The molecule has 0 aromatic carbocycles. The molecule has 0 spiro atoms. The standard InChI is InChI=1S/C11H14F2N2O2/c1-11(2,3)17-10(16)14-6-7-4-5-8(12)15-9(7)13/h4-5H,6H2,1-3H3,(H,14,16). The van der Waals surface area contributed by atoms with Crippen molar-refractivity contribution in [3.8, 4) is 0 Å². The molecule has 17 heavy (non-hydrogen) atoms. The lowest BCUT2D eigenvalue weighted by atomic mass is 10.2. The highest BCUT2D eigenvalue weighted by Crippen LogP contribution is 2.08. The van der Waals surface area contributed by atoms with Gasteiger partial charge in [-0.1, -0.05) is 0 Å². The second kappa shape index (κ2) is 5.07. The summed E-state index contributed by atoms with van der Waals surface area (Å²) < 4.78 is 30.6. The van der Waals surface area contributed by atoms with Gasteiger partial charge in [-0.15, -0.1) is 0 Å². The van der Waals surface area contributed by atoms with Gasteiger partial charge in [0.1, 0.15) is 5.60 Å². The fourth-order valence-corrected chi connectivity index (χ4v) is 1.05. The monoisotopic (exact) mass is 244 g/mol. The summed E-state index contributed by atoms with van der Waals surface area (Å²) in [5, 5.41) is 2.35. The van der Waals surface area contributed by atoms with Gasteiger partial charge in [-0.25, -0.2) is 4.79 Å². The second-order valence-electron chi connectivity index (χ2n) is 4.44. The first-order valence-corrected chi connectivity index (χ1v) is 5.06. The summed E-state index contributed by atoms with van der Waals surface area (Å²) >= 11 is 0. The van der Waals surface area contributed by atoms with Crippen LogP contribution in [0.25, 0.3) is 0 Å². The molecule has 0 aliphatic heterocycles. The Hall–Kier alpha value is -1.72. The SMILES string of the molecule is CC(C)(C)OC(=O)NCc1ccc(F)nc1F. The number of hydrogen-bond donors (Lipinski definition) is 1. The van der Waals surface area contributed by atoms with Crippen molar-refractivity contribution in [2.75, 3.05) is 0 Å². The van der Waals surface area contributed by atoms with Crippen LogP contribution in [-0.4, -0.2) is 16.7 Å². The molecule has 0 saturated heterocycles. The highest BCUT2D eigenvalue weighted by molar-refractivity contribution is 5.67. The average molecular weight is 244 g/mol. The first-order valence-electron chi connectivity index (χ1n) is 5.06. The van der Waals surface area contributed by atoms with E-state index in [9.17, 15) is 13.6 Å². The maximum atomic E-state index is 13.1. The molecule has 0 unspecified atom stereocenters. The van der Waals surface area contributed by atoms with Gasteiger partial charge < -0.3 is 10.1 Å². The predicted octanol–water partition coefficient (Wildman–Crippen LogP) is 2.38. The number of carbonyl (C=O) groups is 1. The average Bonchev–Trinajstić information content (AvgIpc) is 2.13. The summed E-state index contributed by atoms with van der Waals surface area (Å²) in [6.45, 7) is 5.04. The van der Waals surface area contributed by atoms with E-state index in [0.717, 1.165) is 6.07 Å². The molecule has 1 aromatic rings. The van der Waals surface area contributed by atoms with E-state index in [1.807, 2.05) is 0 Å². The Labute approximate surface area is 98.0 Å². The van der Waals surface area contributed by atoms with E-state index in [2.05, 4.69) is 10.3 Å². The number of carbonyl (C=O) groups excluding carboxylic acids is 1. The van der Waals surface area contributed by atoms with E-state index in [1.54, 1.807) is 20.8 Å². The molecule has 0 aliphatic carbocycles. The molecule has 1 amide bonds. The zero-order valence-electron chi connectivity index (χ0n) is 9.88. The van der Waals surface area contributed by atoms with E-state index in [-0.39, 0.29) is 12.1 Å². The number of ether oxygens (including phenoxy) is 1. The number of nitrogens with zero attached hydrogens (tertiary/aromatic N) is 1. The van der Waals surface area contributed by atoms with Crippen LogP contribution in [0.4, 0.5) is 13.6 Å². The van der Waals surface area contributed by atoms with Crippen molar-refractivity contribution in [2.45, 2.75) is 32.9 Å². The van der Waals surface area contributed by atoms with Gasteiger partial charge in [0.25, 0.3) is 0 Å². The van der Waals surface area contributed by atoms with Crippen LogP contribution >= 0.6 is 0 Å². The van der Waals surface area contributed by atoms with Crippen LogP contribution in [0.15, 0.2) is 12.1 Å². The first kappa shape index (κ1) is 13.3. The Morgan fingerprint density at radius 1 is 1.41 bits per heavy atom. The highest BCUT2D eigenvalue weighted by Gasteiger charge is 2.16. The molecule has 0 saturated carbocycles. The molecule has 4 nitrogen and oxygen atoms in total. The molecule has 0 fully saturated rings. The zero-order chi connectivity index (χ0) is 13.1. The quantitative estimate of drug-likeness (QED) is 0.812. The van der Waals surface area contributed by atoms with Gasteiger partial charge in [0, 0.05) is 5.56 Å². The Bertz CT molecular complexity index is 416. The second-order valence-corrected chi connectivity index (χ2v) is 4.44. The predicted molar refractivity (Wildman–Crippen MR) is 57.2 cm³/mol. The topological polar surface area (TPSA) is 51.2 Å². The molecule has 1 heterocycles. The van der Waals surface area contributed by atoms with Crippen molar-refractivity contribution in [1.82, 2.24) is 10.3 Å². The van der Waals surface area contributed by atoms with Crippen LogP contribution < -0.4 is 5.32 Å². The molecule has 0 bridgehead atoms. The normalized spacial score (nSPS) is 11.1. The van der Waals surface area contributed by atoms with Gasteiger partial charge in [0.2, 0.25) is 11.9 Å². The van der Waals surface area contributed by atoms with Crippen LogP contribution in [0.5, 0.6) is 0 Å². The number of nitrogens with one attached hydrogen (secondary N) is 1. The van der Waals surface area contributed by atoms with Crippen molar-refractivity contribution in [3.63, 3.8) is 0 Å². The lowest BCUT2D eigenvalue weighted by Gasteiger charge is -2.19. The van der Waals surface area contributed by atoms with Gasteiger partial charge in [0.05, 0.1) is 6.54 Å². The summed E-state index contributed by atoms with van der Waals surface area (Å²) in [6, 6.07) is 2.24. The minimum atomic E-state index is -0.943. The van der Waals surface area contributed by atoms with Crippen LogP contribution in [0.2, 0.25) is 0 Å². The molecule has 1 N–H and O–H groups in total. The van der Waals surface area contributed by atoms with Crippen LogP contribution in [0, 0.1) is 11.9 Å². The highest BCUT2D eigenvalue weighted by atomic mass is 19.1. The molecule has 0 radical (unpaired) electrons. The molecular formula is C11H14F2N2O2. The van der Waals surface area contributed by atoms with Crippen molar-refractivity contribution in [3.05, 3.63) is 29.6 Å². The summed E-state index contributed by atoms with van der Waals surface area (Å²) in [4.78, 5) is 14.3. The molecule has 1 rings (SSSR count). The van der Waals surface area contributed by atoms with E-state index < -0.39 is 23.6 Å². The molecule has 6 heteroatoms. The molecule has 0 aliphatic rings. The molecule has 1 aromatic heterocycles. The largest absolute Gasteiger partial charge is 0.444 e. The number of aromatic nitrogens is 1. The van der Waals surface area contributed by atoms with Gasteiger partial charge in [0.15, 0.2) is 0 Å². The lowest BCUT2D eigenvalue weighted by Crippen LogP contribution is -2.32. The molecule has 0 atom stereocenters. The summed E-state index contributed by atoms with van der Waals surface area (Å²) in [5.74, 6) is -1.84. The fraction of sp³-hybridized carbons (Fsp3) is 0.455. The van der Waals surface area contributed by atoms with E-state index in [4.69, 9.17) is 4.74 Å². The summed E-state index contributed by atoms with van der Waals surface area (Å²) in [6.07, 6.45) is -0.666. The minimum Gasteiger partial charge on any atom is -0.444 e.